The first-order chi connectivity index (χ1) is 13.9. The SMILES string of the molecule is CC/C=C1/C(c2cnn(C(C)CC)c2)=NC(/C(C=N)=C/NC[C@@H](O)CO)=CN1C. The van der Waals surface area contributed by atoms with E-state index in [2.05, 4.69) is 37.3 Å². The highest BCUT2D eigenvalue weighted by atomic mass is 16.3. The Bertz CT molecular complexity index is 821. The Morgan fingerprint density at radius 2 is 2.14 bits per heavy atom. The van der Waals surface area contributed by atoms with Crippen molar-refractivity contribution < 1.29 is 10.2 Å². The van der Waals surface area contributed by atoms with Crippen molar-refractivity contribution in [2.45, 2.75) is 45.8 Å². The molecule has 1 aromatic heterocycles. The lowest BCUT2D eigenvalue weighted by Crippen LogP contribution is -2.27. The van der Waals surface area contributed by atoms with Gasteiger partial charge in [-0.05, 0) is 19.8 Å². The Kier molecular flexibility index (Phi) is 8.35. The smallest absolute Gasteiger partial charge is 0.0974 e. The molecule has 1 unspecified atom stereocenters. The van der Waals surface area contributed by atoms with Gasteiger partial charge in [0.05, 0.1) is 36.0 Å². The third-order valence-electron chi connectivity index (χ3n) is 4.76. The summed E-state index contributed by atoms with van der Waals surface area (Å²) in [5.74, 6) is 0. The zero-order valence-electron chi connectivity index (χ0n) is 17.6. The molecule has 4 N–H and O–H groups in total. The fourth-order valence-corrected chi connectivity index (χ4v) is 2.86. The standard InChI is InChI=1S/C21H32N6O2/c1-5-7-20-21(17-10-24-27(12-17)15(3)6-2)25-19(13-26(20)4)16(8-22)9-23-11-18(29)14-28/h7-10,12-13,15,18,22-23,28-29H,5-6,11,14H2,1-4H3/b16-9+,20-7-,22-8?/t15?,18-/m1/s1. The minimum Gasteiger partial charge on any atom is -0.394 e. The largest absolute Gasteiger partial charge is 0.394 e. The number of hydrogen-bond acceptors (Lipinski definition) is 7. The first kappa shape index (κ1) is 22.6. The van der Waals surface area contributed by atoms with Crippen LogP contribution in [0.4, 0.5) is 0 Å². The number of aromatic nitrogens is 2. The Labute approximate surface area is 172 Å². The van der Waals surface area contributed by atoms with E-state index >= 15 is 0 Å². The van der Waals surface area contributed by atoms with Gasteiger partial charge in [0.2, 0.25) is 0 Å². The monoisotopic (exact) mass is 400 g/mol. The second-order valence-electron chi connectivity index (χ2n) is 7.04. The predicted molar refractivity (Wildman–Crippen MR) is 116 cm³/mol. The van der Waals surface area contributed by atoms with Gasteiger partial charge < -0.3 is 25.8 Å². The highest BCUT2D eigenvalue weighted by Crippen LogP contribution is 2.25. The van der Waals surface area contributed by atoms with Crippen LogP contribution in [0.25, 0.3) is 0 Å². The van der Waals surface area contributed by atoms with Crippen molar-refractivity contribution in [3.63, 3.8) is 0 Å². The van der Waals surface area contributed by atoms with E-state index in [-0.39, 0.29) is 13.2 Å². The van der Waals surface area contributed by atoms with E-state index in [0.29, 0.717) is 17.3 Å². The van der Waals surface area contributed by atoms with Gasteiger partial charge in [-0.15, -0.1) is 0 Å². The first-order valence-corrected chi connectivity index (χ1v) is 9.96. The van der Waals surface area contributed by atoms with Crippen molar-refractivity contribution in [3.05, 3.63) is 53.4 Å². The zero-order valence-corrected chi connectivity index (χ0v) is 17.6. The van der Waals surface area contributed by atoms with Crippen molar-refractivity contribution >= 4 is 11.9 Å². The van der Waals surface area contributed by atoms with Gasteiger partial charge in [-0.2, -0.15) is 5.10 Å². The molecule has 0 amide bonds. The summed E-state index contributed by atoms with van der Waals surface area (Å²) in [6.45, 7) is 6.21. The third kappa shape index (κ3) is 5.65. The fraction of sp³-hybridized carbons (Fsp3) is 0.476. The van der Waals surface area contributed by atoms with E-state index in [1.807, 2.05) is 35.2 Å². The average Bonchev–Trinajstić information content (AvgIpc) is 3.22. The molecule has 1 aliphatic heterocycles. The molecule has 0 radical (unpaired) electrons. The molecule has 0 saturated carbocycles. The summed E-state index contributed by atoms with van der Waals surface area (Å²) < 4.78 is 1.95. The molecule has 0 spiro atoms. The normalized spacial score (nSPS) is 18.3. The van der Waals surface area contributed by atoms with Crippen molar-refractivity contribution in [2.75, 3.05) is 20.2 Å². The van der Waals surface area contributed by atoms with E-state index in [4.69, 9.17) is 15.5 Å². The molecule has 1 aliphatic rings. The van der Waals surface area contributed by atoms with Gasteiger partial charge in [0.1, 0.15) is 0 Å². The van der Waals surface area contributed by atoms with Crippen LogP contribution in [-0.2, 0) is 0 Å². The molecule has 2 heterocycles. The van der Waals surface area contributed by atoms with Crippen LogP contribution in [0, 0.1) is 5.41 Å². The van der Waals surface area contributed by atoms with E-state index in [1.165, 1.54) is 6.21 Å². The summed E-state index contributed by atoms with van der Waals surface area (Å²) >= 11 is 0. The predicted octanol–water partition coefficient (Wildman–Crippen LogP) is 2.20. The number of nitrogens with zero attached hydrogens (tertiary/aromatic N) is 4. The molecule has 8 nitrogen and oxygen atoms in total. The van der Waals surface area contributed by atoms with E-state index in [0.717, 1.165) is 29.8 Å². The molecular formula is C21H32N6O2. The third-order valence-corrected chi connectivity index (χ3v) is 4.76. The molecule has 29 heavy (non-hydrogen) atoms. The van der Waals surface area contributed by atoms with E-state index < -0.39 is 6.10 Å². The molecule has 0 bridgehead atoms. The lowest BCUT2D eigenvalue weighted by atomic mass is 10.1. The van der Waals surface area contributed by atoms with Crippen molar-refractivity contribution in [1.29, 1.82) is 5.41 Å². The number of rotatable bonds is 10. The maximum Gasteiger partial charge on any atom is 0.0974 e. The van der Waals surface area contributed by atoms with Crippen LogP contribution in [0.2, 0.25) is 0 Å². The van der Waals surface area contributed by atoms with Crippen LogP contribution < -0.4 is 5.32 Å². The molecule has 2 rings (SSSR count). The molecular weight excluding hydrogens is 368 g/mol. The minimum atomic E-state index is -0.856. The van der Waals surface area contributed by atoms with Crippen LogP contribution in [0.1, 0.15) is 45.2 Å². The summed E-state index contributed by atoms with van der Waals surface area (Å²) in [5, 5.41) is 33.6. The van der Waals surface area contributed by atoms with Gasteiger partial charge in [0, 0.05) is 55.6 Å². The highest BCUT2D eigenvalue weighted by Gasteiger charge is 2.22. The second-order valence-corrected chi connectivity index (χ2v) is 7.04. The summed E-state index contributed by atoms with van der Waals surface area (Å²) in [7, 11) is 1.96. The number of likely N-dealkylation sites (N-methyl/N-ethyl adjacent to an activating group) is 1. The van der Waals surface area contributed by atoms with Gasteiger partial charge >= 0.3 is 0 Å². The quantitative estimate of drug-likeness (QED) is 0.450. The van der Waals surface area contributed by atoms with Gasteiger partial charge in [-0.25, -0.2) is 4.99 Å². The van der Waals surface area contributed by atoms with Gasteiger partial charge in [-0.3, -0.25) is 4.68 Å². The fourth-order valence-electron chi connectivity index (χ4n) is 2.86. The molecule has 0 aromatic carbocycles. The first-order valence-electron chi connectivity index (χ1n) is 9.96. The van der Waals surface area contributed by atoms with E-state index in [9.17, 15) is 5.11 Å². The van der Waals surface area contributed by atoms with Crippen molar-refractivity contribution in [2.24, 2.45) is 4.99 Å². The zero-order chi connectivity index (χ0) is 21.4. The van der Waals surface area contributed by atoms with Gasteiger partial charge in [0.25, 0.3) is 0 Å². The summed E-state index contributed by atoms with van der Waals surface area (Å²) in [5.41, 5.74) is 3.94. The number of aliphatic imine (C=N–C) groups is 1. The van der Waals surface area contributed by atoms with Gasteiger partial charge in [-0.1, -0.05) is 19.9 Å². The molecule has 0 fully saturated rings. The van der Waals surface area contributed by atoms with Crippen LogP contribution in [0.3, 0.4) is 0 Å². The van der Waals surface area contributed by atoms with Crippen LogP contribution in [0.15, 0.2) is 52.8 Å². The van der Waals surface area contributed by atoms with Crippen LogP contribution >= 0.6 is 0 Å². The van der Waals surface area contributed by atoms with E-state index in [1.54, 1.807) is 6.20 Å². The van der Waals surface area contributed by atoms with Crippen LogP contribution in [-0.4, -0.2) is 63.1 Å². The molecule has 0 saturated heterocycles. The van der Waals surface area contributed by atoms with Crippen molar-refractivity contribution in [3.8, 4) is 0 Å². The Morgan fingerprint density at radius 1 is 1.38 bits per heavy atom. The lowest BCUT2D eigenvalue weighted by Gasteiger charge is -2.26. The van der Waals surface area contributed by atoms with Crippen molar-refractivity contribution in [1.82, 2.24) is 20.0 Å². The van der Waals surface area contributed by atoms with Crippen LogP contribution in [0.5, 0.6) is 0 Å². The molecule has 8 heteroatoms. The second kappa shape index (κ2) is 10.7. The topological polar surface area (TPSA) is 110 Å². The number of aliphatic hydroxyl groups excluding tert-OH is 2. The minimum absolute atomic E-state index is 0.191. The number of allylic oxidation sites excluding steroid dienone is 3. The Hall–Kier alpha value is -2.71. The Balaban J connectivity index is 2.40. The molecule has 158 valence electrons. The average molecular weight is 401 g/mol. The Morgan fingerprint density at radius 3 is 2.76 bits per heavy atom. The van der Waals surface area contributed by atoms with Gasteiger partial charge in [0.15, 0.2) is 0 Å². The highest BCUT2D eigenvalue weighted by molar-refractivity contribution is 6.13. The maximum atomic E-state index is 9.48. The lowest BCUT2D eigenvalue weighted by molar-refractivity contribution is 0.0972. The number of aliphatic hydroxyl groups is 2. The maximum absolute atomic E-state index is 9.48. The summed E-state index contributed by atoms with van der Waals surface area (Å²) in [4.78, 5) is 6.83. The summed E-state index contributed by atoms with van der Waals surface area (Å²) in [6.07, 6.45) is 11.7. The molecule has 2 atom stereocenters. The number of nitrogens with one attached hydrogen (secondary N) is 2. The molecule has 1 aromatic rings. The molecule has 0 aliphatic carbocycles. The number of hydrogen-bond donors (Lipinski definition) is 4. The summed E-state index contributed by atoms with van der Waals surface area (Å²) in [6, 6.07) is 0.304.